The highest BCUT2D eigenvalue weighted by molar-refractivity contribution is 6.31. The molecule has 8 heteroatoms. The number of imidazole rings is 1. The number of unbranched alkanes of at least 4 members (excludes halogenated alkanes) is 1. The van der Waals surface area contributed by atoms with Gasteiger partial charge < -0.3 is 15.2 Å². The average molecular weight is 482 g/mol. The van der Waals surface area contributed by atoms with Crippen molar-refractivity contribution in [3.8, 4) is 0 Å². The number of rotatable bonds is 7. The number of nitrogens with one attached hydrogen (secondary N) is 2. The van der Waals surface area contributed by atoms with Crippen LogP contribution in [0.15, 0.2) is 54.6 Å². The third kappa shape index (κ3) is 5.46. The van der Waals surface area contributed by atoms with Gasteiger partial charge in [0.05, 0.1) is 17.9 Å². The molecular weight excluding hydrogens is 457 g/mol. The predicted molar refractivity (Wildman–Crippen MR) is 136 cm³/mol. The molecule has 4 aromatic rings. The number of carbonyl (C=O) groups is 1. The smallest absolute Gasteiger partial charge is 0.308 e. The molecule has 0 atom stereocenters. The molecule has 0 bridgehead atoms. The number of fused-ring (bicyclic) bond motifs is 1. The van der Waals surface area contributed by atoms with Crippen LogP contribution in [0.5, 0.6) is 0 Å². The first-order chi connectivity index (χ1) is 15.9. The first-order valence-corrected chi connectivity index (χ1v) is 11.6. The van der Waals surface area contributed by atoms with Crippen LogP contribution in [-0.4, -0.2) is 20.6 Å². The molecule has 0 radical (unpaired) electrons. The topological polar surface area (TPSA) is 71.8 Å². The van der Waals surface area contributed by atoms with E-state index in [0.717, 1.165) is 46.8 Å². The summed E-state index contributed by atoms with van der Waals surface area (Å²) in [5.74, 6) is 0.960. The monoisotopic (exact) mass is 481 g/mol. The van der Waals surface area contributed by atoms with Gasteiger partial charge in [-0.3, -0.25) is 0 Å². The maximum absolute atomic E-state index is 12.5. The molecule has 0 saturated carbocycles. The number of halogens is 2. The lowest BCUT2D eigenvalue weighted by Crippen LogP contribution is -2.20. The Morgan fingerprint density at radius 3 is 2.52 bits per heavy atom. The second kappa shape index (κ2) is 10.2. The Morgan fingerprint density at radius 2 is 1.79 bits per heavy atom. The number of hydrogen-bond acceptors (Lipinski definition) is 3. The Balaban J connectivity index is 1.63. The molecule has 0 spiro atoms. The summed E-state index contributed by atoms with van der Waals surface area (Å²) in [7, 11) is 0. The summed E-state index contributed by atoms with van der Waals surface area (Å²) in [6.45, 7) is 4.62. The van der Waals surface area contributed by atoms with Gasteiger partial charge in [-0.15, -0.1) is 0 Å². The molecule has 0 saturated heterocycles. The van der Waals surface area contributed by atoms with Crippen LogP contribution >= 0.6 is 23.2 Å². The molecule has 2 aromatic carbocycles. The fourth-order valence-electron chi connectivity index (χ4n) is 3.62. The van der Waals surface area contributed by atoms with Crippen LogP contribution in [0.1, 0.15) is 36.8 Å². The van der Waals surface area contributed by atoms with Crippen molar-refractivity contribution in [1.29, 1.82) is 0 Å². The number of hydrogen-bond donors (Lipinski definition) is 2. The number of amides is 2. The fourth-order valence-corrected chi connectivity index (χ4v) is 3.94. The van der Waals surface area contributed by atoms with Gasteiger partial charge in [0.1, 0.15) is 11.3 Å². The van der Waals surface area contributed by atoms with Gasteiger partial charge in [0.25, 0.3) is 0 Å². The Kier molecular flexibility index (Phi) is 7.16. The van der Waals surface area contributed by atoms with E-state index in [2.05, 4.69) is 22.1 Å². The number of aryl methyl sites for hydroxylation is 2. The molecule has 2 amide bonds. The summed E-state index contributed by atoms with van der Waals surface area (Å²) in [6.07, 6.45) is 2.94. The normalized spacial score (nSPS) is 11.0. The van der Waals surface area contributed by atoms with Gasteiger partial charge >= 0.3 is 6.03 Å². The van der Waals surface area contributed by atoms with Crippen LogP contribution in [0.4, 0.5) is 16.2 Å². The zero-order valence-corrected chi connectivity index (χ0v) is 20.0. The van der Waals surface area contributed by atoms with E-state index in [-0.39, 0.29) is 6.03 Å². The molecule has 6 nitrogen and oxygen atoms in total. The van der Waals surface area contributed by atoms with Gasteiger partial charge in [-0.1, -0.05) is 54.7 Å². The van der Waals surface area contributed by atoms with Gasteiger partial charge in [0.15, 0.2) is 5.65 Å². The van der Waals surface area contributed by atoms with E-state index < -0.39 is 0 Å². The molecule has 2 aromatic heterocycles. The van der Waals surface area contributed by atoms with Crippen LogP contribution in [0.2, 0.25) is 10.0 Å². The zero-order valence-electron chi connectivity index (χ0n) is 18.5. The van der Waals surface area contributed by atoms with E-state index in [1.54, 1.807) is 24.3 Å². The summed E-state index contributed by atoms with van der Waals surface area (Å²) < 4.78 is 2.12. The highest BCUT2D eigenvalue weighted by Gasteiger charge is 2.16. The number of anilines is 2. The van der Waals surface area contributed by atoms with Crippen molar-refractivity contribution < 1.29 is 4.79 Å². The largest absolute Gasteiger partial charge is 0.323 e. The number of pyridine rings is 1. The van der Waals surface area contributed by atoms with E-state index in [0.29, 0.717) is 28.6 Å². The van der Waals surface area contributed by atoms with Gasteiger partial charge in [-0.05, 0) is 55.3 Å². The Hall–Kier alpha value is -3.09. The zero-order chi connectivity index (χ0) is 23.4. The van der Waals surface area contributed by atoms with Gasteiger partial charge in [-0.25, -0.2) is 14.8 Å². The molecule has 0 aliphatic heterocycles. The minimum absolute atomic E-state index is 0.358. The van der Waals surface area contributed by atoms with Gasteiger partial charge in [0.2, 0.25) is 0 Å². The predicted octanol–water partition coefficient (Wildman–Crippen LogP) is 7.08. The third-order valence-electron chi connectivity index (χ3n) is 5.38. The SMILES string of the molecule is CCCCc1nc2cc(NC(=O)Nc3ccc(Cl)cc3)c(C)nc2n1Cc1ccccc1Cl. The summed E-state index contributed by atoms with van der Waals surface area (Å²) in [5, 5.41) is 7.01. The average Bonchev–Trinajstić information content (AvgIpc) is 3.11. The summed E-state index contributed by atoms with van der Waals surface area (Å²) >= 11 is 12.3. The van der Waals surface area contributed by atoms with Crippen molar-refractivity contribution in [3.05, 3.63) is 81.7 Å². The van der Waals surface area contributed by atoms with Crippen molar-refractivity contribution in [2.45, 2.75) is 39.7 Å². The molecule has 0 unspecified atom stereocenters. The summed E-state index contributed by atoms with van der Waals surface area (Å²) in [4.78, 5) is 22.2. The Morgan fingerprint density at radius 1 is 1.03 bits per heavy atom. The van der Waals surface area contributed by atoms with E-state index >= 15 is 0 Å². The van der Waals surface area contributed by atoms with Gasteiger partial charge in [-0.2, -0.15) is 0 Å². The molecule has 2 heterocycles. The van der Waals surface area contributed by atoms with E-state index in [9.17, 15) is 4.79 Å². The molecule has 33 heavy (non-hydrogen) atoms. The fraction of sp³-hybridized carbons (Fsp3) is 0.240. The van der Waals surface area contributed by atoms with E-state index in [4.69, 9.17) is 33.2 Å². The minimum Gasteiger partial charge on any atom is -0.308 e. The Bertz CT molecular complexity index is 1280. The molecular formula is C25H25Cl2N5O. The van der Waals surface area contributed by atoms with Crippen LogP contribution < -0.4 is 10.6 Å². The first-order valence-electron chi connectivity index (χ1n) is 10.9. The number of nitrogens with zero attached hydrogens (tertiary/aromatic N) is 3. The van der Waals surface area contributed by atoms with Crippen molar-refractivity contribution in [3.63, 3.8) is 0 Å². The lowest BCUT2D eigenvalue weighted by atomic mass is 10.2. The number of urea groups is 1. The number of carbonyl (C=O) groups excluding carboxylic acids is 1. The molecule has 2 N–H and O–H groups in total. The van der Waals surface area contributed by atoms with E-state index in [1.165, 1.54) is 0 Å². The van der Waals surface area contributed by atoms with Crippen LogP contribution in [0.25, 0.3) is 11.2 Å². The lowest BCUT2D eigenvalue weighted by Gasteiger charge is -2.12. The maximum atomic E-state index is 12.5. The lowest BCUT2D eigenvalue weighted by molar-refractivity contribution is 0.262. The standard InChI is InChI=1S/C25H25Cl2N5O/c1-3-4-9-23-30-22-14-21(31-25(33)29-19-12-10-18(26)11-13-19)16(2)28-24(22)32(23)15-17-7-5-6-8-20(17)27/h5-8,10-14H,3-4,9,15H2,1-2H3,(H2,29,31,33). The maximum Gasteiger partial charge on any atom is 0.323 e. The molecule has 0 fully saturated rings. The van der Waals surface area contributed by atoms with Crippen LogP contribution in [-0.2, 0) is 13.0 Å². The molecule has 170 valence electrons. The molecule has 4 rings (SSSR count). The second-order valence-electron chi connectivity index (χ2n) is 7.86. The van der Waals surface area contributed by atoms with E-state index in [1.807, 2.05) is 37.3 Å². The first kappa shape index (κ1) is 23.1. The number of benzene rings is 2. The quantitative estimate of drug-likeness (QED) is 0.296. The summed E-state index contributed by atoms with van der Waals surface area (Å²) in [6, 6.07) is 16.2. The van der Waals surface area contributed by atoms with Crippen molar-refractivity contribution >= 4 is 51.8 Å². The minimum atomic E-state index is -0.358. The highest BCUT2D eigenvalue weighted by atomic mass is 35.5. The van der Waals surface area contributed by atoms with Crippen LogP contribution in [0, 0.1) is 6.92 Å². The molecule has 0 aliphatic carbocycles. The Labute approximate surface area is 203 Å². The van der Waals surface area contributed by atoms with Crippen molar-refractivity contribution in [1.82, 2.24) is 14.5 Å². The highest BCUT2D eigenvalue weighted by Crippen LogP contribution is 2.25. The third-order valence-corrected chi connectivity index (χ3v) is 6.00. The second-order valence-corrected chi connectivity index (χ2v) is 8.70. The van der Waals surface area contributed by atoms with Gasteiger partial charge in [0, 0.05) is 22.2 Å². The van der Waals surface area contributed by atoms with Crippen LogP contribution in [0.3, 0.4) is 0 Å². The molecule has 0 aliphatic rings. The van der Waals surface area contributed by atoms with Crippen molar-refractivity contribution in [2.24, 2.45) is 0 Å². The summed E-state index contributed by atoms with van der Waals surface area (Å²) in [5.41, 5.74) is 4.49. The number of aromatic nitrogens is 3. The van der Waals surface area contributed by atoms with Crippen molar-refractivity contribution in [2.75, 3.05) is 10.6 Å².